The van der Waals surface area contributed by atoms with Gasteiger partial charge >= 0.3 is 0 Å². The summed E-state index contributed by atoms with van der Waals surface area (Å²) in [6.45, 7) is 1.40. The van der Waals surface area contributed by atoms with E-state index < -0.39 is 0 Å². The lowest BCUT2D eigenvalue weighted by Crippen LogP contribution is -2.01. The molecule has 0 saturated carbocycles. The second kappa shape index (κ2) is 6.76. The Kier molecular flexibility index (Phi) is 4.16. The lowest BCUT2D eigenvalue weighted by atomic mass is 10.2. The van der Waals surface area contributed by atoms with Gasteiger partial charge in [-0.05, 0) is 29.8 Å². The summed E-state index contributed by atoms with van der Waals surface area (Å²) in [5.74, 6) is 2.23. The molecule has 7 heteroatoms. The average Bonchev–Trinajstić information content (AvgIpc) is 3.29. The number of hydrogen-bond donors (Lipinski definition) is 1. The molecule has 1 aromatic heterocycles. The van der Waals surface area contributed by atoms with Crippen LogP contribution < -0.4 is 19.5 Å². The van der Waals surface area contributed by atoms with Gasteiger partial charge in [0.15, 0.2) is 11.5 Å². The van der Waals surface area contributed by atoms with Crippen LogP contribution in [-0.2, 0) is 13.2 Å². The Morgan fingerprint density at radius 1 is 1.12 bits per heavy atom. The predicted molar refractivity (Wildman–Crippen MR) is 90.6 cm³/mol. The zero-order valence-corrected chi connectivity index (χ0v) is 13.6. The minimum absolute atomic E-state index is 0.265. The van der Waals surface area contributed by atoms with Gasteiger partial charge in [0.2, 0.25) is 6.79 Å². The topological polar surface area (TPSA) is 65.5 Å². The average molecular weight is 341 g/mol. The largest absolute Gasteiger partial charge is 0.489 e. The van der Waals surface area contributed by atoms with Crippen molar-refractivity contribution in [3.8, 4) is 17.2 Å². The highest BCUT2D eigenvalue weighted by atomic mass is 32.1. The van der Waals surface area contributed by atoms with Gasteiger partial charge in [0.25, 0.3) is 0 Å². The summed E-state index contributed by atoms with van der Waals surface area (Å²) in [4.78, 5) is 0. The van der Waals surface area contributed by atoms with E-state index in [9.17, 15) is 0 Å². The normalized spacial score (nSPS) is 12.2. The van der Waals surface area contributed by atoms with E-state index in [4.69, 9.17) is 14.2 Å². The van der Waals surface area contributed by atoms with Crippen LogP contribution in [0.3, 0.4) is 0 Å². The van der Waals surface area contributed by atoms with E-state index in [1.165, 1.54) is 11.7 Å². The number of anilines is 1. The van der Waals surface area contributed by atoms with Gasteiger partial charge in [-0.1, -0.05) is 12.1 Å². The molecule has 0 atom stereocenters. The fourth-order valence-corrected chi connectivity index (χ4v) is 2.79. The molecular weight excluding hydrogens is 326 g/mol. The first-order chi connectivity index (χ1) is 11.9. The fraction of sp³-hybridized carbons (Fsp3) is 0.176. The number of hydrogen-bond acceptors (Lipinski definition) is 7. The first kappa shape index (κ1) is 14.8. The number of benzene rings is 2. The fourth-order valence-electron chi connectivity index (χ4n) is 2.36. The summed E-state index contributed by atoms with van der Waals surface area (Å²) in [6, 6.07) is 13.7. The van der Waals surface area contributed by atoms with Gasteiger partial charge in [0.1, 0.15) is 12.4 Å². The molecular formula is C17H15N3O3S. The number of nitrogens with zero attached hydrogens (tertiary/aromatic N) is 2. The molecule has 4 rings (SSSR count). The molecule has 0 aliphatic carbocycles. The molecule has 1 aliphatic heterocycles. The maximum Gasteiger partial charge on any atom is 0.231 e. The van der Waals surface area contributed by atoms with Crippen molar-refractivity contribution in [1.82, 2.24) is 8.75 Å². The number of ether oxygens (including phenoxy) is 3. The first-order valence-electron chi connectivity index (χ1n) is 7.48. The third-order valence-corrected chi connectivity index (χ3v) is 4.07. The number of nitrogens with one attached hydrogen (secondary N) is 1. The summed E-state index contributed by atoms with van der Waals surface area (Å²) in [5, 5.41) is 3.33. The highest BCUT2D eigenvalue weighted by Gasteiger charge is 2.13. The molecule has 0 unspecified atom stereocenters. The van der Waals surface area contributed by atoms with Crippen LogP contribution in [0.4, 0.5) is 5.69 Å². The van der Waals surface area contributed by atoms with E-state index in [1.807, 2.05) is 36.4 Å². The van der Waals surface area contributed by atoms with Crippen molar-refractivity contribution in [3.63, 3.8) is 0 Å². The summed E-state index contributed by atoms with van der Waals surface area (Å²) in [7, 11) is 0. The molecule has 0 spiro atoms. The zero-order valence-electron chi connectivity index (χ0n) is 12.8. The van der Waals surface area contributed by atoms with Gasteiger partial charge in [-0.2, -0.15) is 8.75 Å². The van der Waals surface area contributed by atoms with E-state index in [0.717, 1.165) is 34.2 Å². The third kappa shape index (κ3) is 3.41. The van der Waals surface area contributed by atoms with Gasteiger partial charge < -0.3 is 19.5 Å². The highest BCUT2D eigenvalue weighted by Crippen LogP contribution is 2.35. The molecule has 1 N–H and O–H groups in total. The molecule has 0 amide bonds. The summed E-state index contributed by atoms with van der Waals surface area (Å²) >= 11 is 1.21. The molecule has 0 radical (unpaired) electrons. The minimum Gasteiger partial charge on any atom is -0.489 e. The standard InChI is InChI=1S/C17H15N3O3S/c1-2-12(6-13(3-1)18-8-14-9-19-24-20-14)10-21-15-4-5-16-17(7-15)23-11-22-16/h1-7,9,18H,8,10-11H2. The first-order valence-corrected chi connectivity index (χ1v) is 8.21. The van der Waals surface area contributed by atoms with Gasteiger partial charge in [-0.3, -0.25) is 0 Å². The Balaban J connectivity index is 1.37. The lowest BCUT2D eigenvalue weighted by molar-refractivity contribution is 0.173. The molecule has 0 bridgehead atoms. The molecule has 1 aliphatic rings. The highest BCUT2D eigenvalue weighted by molar-refractivity contribution is 6.99. The van der Waals surface area contributed by atoms with Crippen molar-refractivity contribution in [1.29, 1.82) is 0 Å². The molecule has 3 aromatic rings. The van der Waals surface area contributed by atoms with Crippen molar-refractivity contribution in [2.45, 2.75) is 13.2 Å². The van der Waals surface area contributed by atoms with Gasteiger partial charge in [0.05, 0.1) is 30.2 Å². The third-order valence-electron chi connectivity index (χ3n) is 3.56. The Hall–Kier alpha value is -2.80. The van der Waals surface area contributed by atoms with E-state index in [0.29, 0.717) is 13.2 Å². The molecule has 0 fully saturated rings. The van der Waals surface area contributed by atoms with Crippen LogP contribution in [0, 0.1) is 0 Å². The summed E-state index contributed by atoms with van der Waals surface area (Å²) < 4.78 is 24.7. The Labute approximate surface area is 143 Å². The SMILES string of the molecule is c1cc(COc2ccc3c(c2)OCO3)cc(NCc2cnsn2)c1. The van der Waals surface area contributed by atoms with E-state index in [2.05, 4.69) is 20.1 Å². The van der Waals surface area contributed by atoms with E-state index in [1.54, 1.807) is 6.20 Å². The summed E-state index contributed by atoms with van der Waals surface area (Å²) in [6.07, 6.45) is 1.77. The number of fused-ring (bicyclic) bond motifs is 1. The molecule has 24 heavy (non-hydrogen) atoms. The van der Waals surface area contributed by atoms with Crippen molar-refractivity contribution in [3.05, 3.63) is 59.9 Å². The predicted octanol–water partition coefficient (Wildman–Crippen LogP) is 3.46. The van der Waals surface area contributed by atoms with Crippen LogP contribution in [0.25, 0.3) is 0 Å². The molecule has 122 valence electrons. The quantitative estimate of drug-likeness (QED) is 0.741. The number of aromatic nitrogens is 2. The lowest BCUT2D eigenvalue weighted by Gasteiger charge is -2.09. The Bertz CT molecular complexity index is 824. The van der Waals surface area contributed by atoms with Crippen molar-refractivity contribution >= 4 is 17.4 Å². The molecule has 2 heterocycles. The van der Waals surface area contributed by atoms with Crippen LogP contribution in [0.2, 0.25) is 0 Å². The van der Waals surface area contributed by atoms with Gasteiger partial charge in [0, 0.05) is 11.8 Å². The smallest absolute Gasteiger partial charge is 0.231 e. The second-order valence-electron chi connectivity index (χ2n) is 5.26. The monoisotopic (exact) mass is 341 g/mol. The Morgan fingerprint density at radius 2 is 2.08 bits per heavy atom. The zero-order chi connectivity index (χ0) is 16.2. The second-order valence-corrected chi connectivity index (χ2v) is 5.81. The maximum atomic E-state index is 5.84. The van der Waals surface area contributed by atoms with Crippen molar-refractivity contribution < 1.29 is 14.2 Å². The van der Waals surface area contributed by atoms with Gasteiger partial charge in [-0.25, -0.2) is 0 Å². The van der Waals surface area contributed by atoms with Crippen LogP contribution in [-0.4, -0.2) is 15.5 Å². The summed E-state index contributed by atoms with van der Waals surface area (Å²) in [5.41, 5.74) is 3.03. The van der Waals surface area contributed by atoms with Crippen LogP contribution in [0.1, 0.15) is 11.3 Å². The Morgan fingerprint density at radius 3 is 3.00 bits per heavy atom. The maximum absolute atomic E-state index is 5.84. The van der Waals surface area contributed by atoms with E-state index in [-0.39, 0.29) is 6.79 Å². The van der Waals surface area contributed by atoms with Crippen LogP contribution in [0.15, 0.2) is 48.7 Å². The molecule has 0 saturated heterocycles. The van der Waals surface area contributed by atoms with Crippen molar-refractivity contribution in [2.24, 2.45) is 0 Å². The minimum atomic E-state index is 0.265. The van der Waals surface area contributed by atoms with Crippen molar-refractivity contribution in [2.75, 3.05) is 12.1 Å². The number of rotatable bonds is 6. The van der Waals surface area contributed by atoms with Crippen LogP contribution in [0.5, 0.6) is 17.2 Å². The van der Waals surface area contributed by atoms with Crippen LogP contribution >= 0.6 is 11.7 Å². The van der Waals surface area contributed by atoms with E-state index >= 15 is 0 Å². The molecule has 2 aromatic carbocycles. The van der Waals surface area contributed by atoms with Gasteiger partial charge in [-0.15, -0.1) is 0 Å². The molecule has 6 nitrogen and oxygen atoms in total.